The molecule has 13 heavy (non-hydrogen) atoms. The molecule has 0 unspecified atom stereocenters. The van der Waals surface area contributed by atoms with Crippen LogP contribution < -0.4 is 0 Å². The third kappa shape index (κ3) is 2.48. The molecule has 0 atom stereocenters. The Labute approximate surface area is 89.5 Å². The first-order valence-corrected chi connectivity index (χ1v) is 6.00. The van der Waals surface area contributed by atoms with E-state index in [9.17, 15) is 4.79 Å². The molecule has 0 saturated carbocycles. The van der Waals surface area contributed by atoms with Crippen LogP contribution in [-0.2, 0) is 5.33 Å². The standard InChI is InChI=1S/C9H9BrO2S/c1-13-8-3-2-6(5-10)4-7(8)9(11)12/h2-4H,5H2,1H3,(H,11,12). The Morgan fingerprint density at radius 3 is 2.77 bits per heavy atom. The maximum atomic E-state index is 10.8. The highest BCUT2D eigenvalue weighted by molar-refractivity contribution is 9.08. The number of carboxylic acid groups (broad SMARTS) is 1. The molecule has 0 saturated heterocycles. The predicted molar refractivity (Wildman–Crippen MR) is 57.8 cm³/mol. The Kier molecular flexibility index (Phi) is 3.81. The van der Waals surface area contributed by atoms with Crippen LogP contribution in [0.4, 0.5) is 0 Å². The molecule has 0 heterocycles. The summed E-state index contributed by atoms with van der Waals surface area (Å²) in [7, 11) is 0. The van der Waals surface area contributed by atoms with Crippen LogP contribution in [0.25, 0.3) is 0 Å². The van der Waals surface area contributed by atoms with Gasteiger partial charge in [0.15, 0.2) is 0 Å². The average molecular weight is 261 g/mol. The normalized spacial score (nSPS) is 10.0. The summed E-state index contributed by atoms with van der Waals surface area (Å²) < 4.78 is 0. The topological polar surface area (TPSA) is 37.3 Å². The van der Waals surface area contributed by atoms with Crippen molar-refractivity contribution in [3.63, 3.8) is 0 Å². The van der Waals surface area contributed by atoms with Crippen LogP contribution in [0.1, 0.15) is 15.9 Å². The Bertz CT molecular complexity index is 325. The lowest BCUT2D eigenvalue weighted by Crippen LogP contribution is -1.99. The molecule has 1 aromatic rings. The van der Waals surface area contributed by atoms with Gasteiger partial charge in [-0.1, -0.05) is 22.0 Å². The van der Waals surface area contributed by atoms with Crippen LogP contribution >= 0.6 is 27.7 Å². The number of carboxylic acids is 1. The zero-order valence-electron chi connectivity index (χ0n) is 7.08. The molecule has 0 spiro atoms. The Balaban J connectivity index is 3.18. The Morgan fingerprint density at radius 2 is 2.31 bits per heavy atom. The number of benzene rings is 1. The lowest BCUT2D eigenvalue weighted by Gasteiger charge is -2.04. The van der Waals surface area contributed by atoms with Gasteiger partial charge in [0.1, 0.15) is 0 Å². The molecule has 1 N–H and O–H groups in total. The van der Waals surface area contributed by atoms with Crippen LogP contribution in [-0.4, -0.2) is 17.3 Å². The molecule has 0 bridgehead atoms. The van der Waals surface area contributed by atoms with Crippen molar-refractivity contribution in [1.82, 2.24) is 0 Å². The second-order valence-corrected chi connectivity index (χ2v) is 3.88. The van der Waals surface area contributed by atoms with Gasteiger partial charge < -0.3 is 5.11 Å². The lowest BCUT2D eigenvalue weighted by atomic mass is 10.1. The van der Waals surface area contributed by atoms with Crippen LogP contribution in [0.15, 0.2) is 23.1 Å². The van der Waals surface area contributed by atoms with E-state index >= 15 is 0 Å². The van der Waals surface area contributed by atoms with E-state index in [2.05, 4.69) is 15.9 Å². The number of hydrogen-bond donors (Lipinski definition) is 1. The van der Waals surface area contributed by atoms with Gasteiger partial charge in [-0.15, -0.1) is 11.8 Å². The highest BCUT2D eigenvalue weighted by Gasteiger charge is 2.09. The lowest BCUT2D eigenvalue weighted by molar-refractivity contribution is 0.0693. The molecule has 0 radical (unpaired) electrons. The van der Waals surface area contributed by atoms with Crippen molar-refractivity contribution in [2.75, 3.05) is 6.26 Å². The van der Waals surface area contributed by atoms with E-state index in [1.165, 1.54) is 11.8 Å². The third-order valence-corrected chi connectivity index (χ3v) is 3.09. The maximum Gasteiger partial charge on any atom is 0.336 e. The molecular formula is C9H9BrO2S. The van der Waals surface area contributed by atoms with E-state index in [1.807, 2.05) is 18.4 Å². The summed E-state index contributed by atoms with van der Waals surface area (Å²) in [4.78, 5) is 11.6. The number of hydrogen-bond acceptors (Lipinski definition) is 2. The van der Waals surface area contributed by atoms with Gasteiger partial charge in [-0.05, 0) is 24.0 Å². The quantitative estimate of drug-likeness (QED) is 0.671. The minimum absolute atomic E-state index is 0.379. The number of halogens is 1. The second kappa shape index (κ2) is 4.67. The summed E-state index contributed by atoms with van der Waals surface area (Å²) in [5.74, 6) is -0.868. The zero-order chi connectivity index (χ0) is 9.84. The fraction of sp³-hybridized carbons (Fsp3) is 0.222. The highest BCUT2D eigenvalue weighted by atomic mass is 79.9. The van der Waals surface area contributed by atoms with Crippen molar-refractivity contribution in [3.8, 4) is 0 Å². The minimum atomic E-state index is -0.868. The fourth-order valence-electron chi connectivity index (χ4n) is 1.01. The van der Waals surface area contributed by atoms with Gasteiger partial charge in [-0.25, -0.2) is 4.79 Å². The molecular weight excluding hydrogens is 252 g/mol. The van der Waals surface area contributed by atoms with Crippen molar-refractivity contribution < 1.29 is 9.90 Å². The van der Waals surface area contributed by atoms with Gasteiger partial charge >= 0.3 is 5.97 Å². The molecule has 0 aromatic heterocycles. The van der Waals surface area contributed by atoms with Crippen LogP contribution in [0.5, 0.6) is 0 Å². The average Bonchev–Trinajstić information content (AvgIpc) is 2.16. The summed E-state index contributed by atoms with van der Waals surface area (Å²) >= 11 is 4.73. The first-order valence-electron chi connectivity index (χ1n) is 3.65. The number of carbonyl (C=O) groups is 1. The van der Waals surface area contributed by atoms with Gasteiger partial charge in [0.25, 0.3) is 0 Å². The third-order valence-electron chi connectivity index (χ3n) is 1.65. The summed E-state index contributed by atoms with van der Waals surface area (Å²) in [6.45, 7) is 0. The highest BCUT2D eigenvalue weighted by Crippen LogP contribution is 2.22. The van der Waals surface area contributed by atoms with Crippen LogP contribution in [0.2, 0.25) is 0 Å². The number of alkyl halides is 1. The first kappa shape index (κ1) is 10.6. The molecule has 2 nitrogen and oxygen atoms in total. The van der Waals surface area contributed by atoms with E-state index in [0.717, 1.165) is 10.5 Å². The molecule has 4 heteroatoms. The van der Waals surface area contributed by atoms with Gasteiger partial charge in [-0.2, -0.15) is 0 Å². The first-order chi connectivity index (χ1) is 6.19. The van der Waals surface area contributed by atoms with Crippen molar-refractivity contribution in [2.24, 2.45) is 0 Å². The van der Waals surface area contributed by atoms with Crippen LogP contribution in [0.3, 0.4) is 0 Å². The summed E-state index contributed by atoms with van der Waals surface area (Å²) in [5, 5.41) is 9.57. The smallest absolute Gasteiger partial charge is 0.336 e. The van der Waals surface area contributed by atoms with E-state index < -0.39 is 5.97 Å². The zero-order valence-corrected chi connectivity index (χ0v) is 9.48. The van der Waals surface area contributed by atoms with Crippen molar-refractivity contribution in [2.45, 2.75) is 10.2 Å². The monoisotopic (exact) mass is 260 g/mol. The van der Waals surface area contributed by atoms with Gasteiger partial charge in [0.05, 0.1) is 5.56 Å². The number of thioether (sulfide) groups is 1. The fourth-order valence-corrected chi connectivity index (χ4v) is 1.92. The van der Waals surface area contributed by atoms with Crippen LogP contribution in [0, 0.1) is 0 Å². The Hall–Kier alpha value is -0.480. The van der Waals surface area contributed by atoms with Gasteiger partial charge in [0.2, 0.25) is 0 Å². The largest absolute Gasteiger partial charge is 0.478 e. The van der Waals surface area contributed by atoms with Crippen molar-refractivity contribution in [1.29, 1.82) is 0 Å². The van der Waals surface area contributed by atoms with Gasteiger partial charge in [0, 0.05) is 10.2 Å². The maximum absolute atomic E-state index is 10.8. The predicted octanol–water partition coefficient (Wildman–Crippen LogP) is 3.00. The molecule has 1 rings (SSSR count). The van der Waals surface area contributed by atoms with E-state index in [4.69, 9.17) is 5.11 Å². The second-order valence-electron chi connectivity index (χ2n) is 2.47. The SMILES string of the molecule is CSc1ccc(CBr)cc1C(=O)O. The van der Waals surface area contributed by atoms with Crippen molar-refractivity contribution >= 4 is 33.7 Å². The summed E-state index contributed by atoms with van der Waals surface area (Å²) in [6, 6.07) is 5.46. The molecule has 0 amide bonds. The molecule has 0 fully saturated rings. The molecule has 1 aromatic carbocycles. The van der Waals surface area contributed by atoms with E-state index in [1.54, 1.807) is 6.07 Å². The molecule has 0 aliphatic carbocycles. The van der Waals surface area contributed by atoms with E-state index in [0.29, 0.717) is 10.9 Å². The van der Waals surface area contributed by atoms with Gasteiger partial charge in [-0.3, -0.25) is 0 Å². The summed E-state index contributed by atoms with van der Waals surface area (Å²) in [5.41, 5.74) is 1.36. The molecule has 70 valence electrons. The minimum Gasteiger partial charge on any atom is -0.478 e. The van der Waals surface area contributed by atoms with Crippen molar-refractivity contribution in [3.05, 3.63) is 29.3 Å². The van der Waals surface area contributed by atoms with E-state index in [-0.39, 0.29) is 0 Å². The molecule has 0 aliphatic rings. The summed E-state index contributed by atoms with van der Waals surface area (Å²) in [6.07, 6.45) is 1.87. The Morgan fingerprint density at radius 1 is 1.62 bits per heavy atom. The molecule has 0 aliphatic heterocycles. The number of rotatable bonds is 3. The number of aromatic carboxylic acids is 1.